The van der Waals surface area contributed by atoms with Crippen LogP contribution in [0.15, 0.2) is 54.9 Å². The minimum atomic E-state index is 0. The summed E-state index contributed by atoms with van der Waals surface area (Å²) in [7, 11) is 1.55. The van der Waals surface area contributed by atoms with Crippen LogP contribution >= 0.6 is 0 Å². The van der Waals surface area contributed by atoms with Crippen molar-refractivity contribution in [2.75, 3.05) is 13.7 Å². The van der Waals surface area contributed by atoms with Gasteiger partial charge in [-0.15, -0.1) is 0 Å². The molecule has 0 aliphatic heterocycles. The van der Waals surface area contributed by atoms with Crippen molar-refractivity contribution in [3.8, 4) is 17.2 Å². The van der Waals surface area contributed by atoms with Crippen molar-refractivity contribution < 1.29 is 36.0 Å². The fourth-order valence-corrected chi connectivity index (χ4v) is 3.12. The highest BCUT2D eigenvalue weighted by Crippen LogP contribution is 2.34. The second-order valence-electron chi connectivity index (χ2n) is 5.68. The molecular formula is C20H18BrNO3. The molecule has 0 aliphatic rings. The van der Waals surface area contributed by atoms with Crippen LogP contribution in [0, 0.1) is 0 Å². The van der Waals surface area contributed by atoms with Crippen LogP contribution in [0.4, 0.5) is 0 Å². The van der Waals surface area contributed by atoms with Gasteiger partial charge in [0.05, 0.1) is 24.5 Å². The maximum Gasteiger partial charge on any atom is 0.219 e. The zero-order chi connectivity index (χ0) is 16.7. The Balaban J connectivity index is 0.00000182. The molecule has 5 heteroatoms. The second-order valence-corrected chi connectivity index (χ2v) is 5.68. The third kappa shape index (κ3) is 2.85. The predicted molar refractivity (Wildman–Crippen MR) is 94.0 cm³/mol. The molecule has 0 unspecified atom stereocenters. The van der Waals surface area contributed by atoms with E-state index in [1.54, 1.807) is 13.2 Å². The van der Waals surface area contributed by atoms with Crippen LogP contribution in [0.2, 0.25) is 0 Å². The number of methoxy groups -OCH3 is 1. The van der Waals surface area contributed by atoms with Crippen molar-refractivity contribution in [2.24, 2.45) is 0 Å². The first-order valence-corrected chi connectivity index (χ1v) is 7.91. The molecule has 0 spiro atoms. The summed E-state index contributed by atoms with van der Waals surface area (Å²) >= 11 is 0. The minimum Gasteiger partial charge on any atom is -1.00 e. The molecule has 0 aliphatic carbocycles. The normalized spacial score (nSPS) is 10.8. The Morgan fingerprint density at radius 2 is 1.80 bits per heavy atom. The molecule has 0 bridgehead atoms. The number of nitrogens with zero attached hydrogens (tertiary/aromatic N) is 1. The third-order valence-electron chi connectivity index (χ3n) is 4.30. The van der Waals surface area contributed by atoms with E-state index in [1.165, 1.54) is 0 Å². The van der Waals surface area contributed by atoms with Crippen molar-refractivity contribution in [3.63, 3.8) is 0 Å². The average Bonchev–Trinajstić information content (AvgIpc) is 2.61. The van der Waals surface area contributed by atoms with Crippen LogP contribution in [0.5, 0.6) is 17.2 Å². The van der Waals surface area contributed by atoms with E-state index in [4.69, 9.17) is 9.47 Å². The lowest BCUT2D eigenvalue weighted by Gasteiger charge is -2.07. The average molecular weight is 400 g/mol. The third-order valence-corrected chi connectivity index (χ3v) is 4.30. The van der Waals surface area contributed by atoms with Crippen LogP contribution in [0.25, 0.3) is 27.1 Å². The van der Waals surface area contributed by atoms with Gasteiger partial charge in [-0.3, -0.25) is 0 Å². The number of aromatic hydroxyl groups is 1. The Labute approximate surface area is 156 Å². The molecule has 0 atom stereocenters. The summed E-state index contributed by atoms with van der Waals surface area (Å²) in [6.07, 6.45) is 3.92. The highest BCUT2D eigenvalue weighted by atomic mass is 79.9. The Bertz CT molecular complexity index is 1080. The van der Waals surface area contributed by atoms with E-state index in [2.05, 4.69) is 24.3 Å². The summed E-state index contributed by atoms with van der Waals surface area (Å²) in [5.74, 6) is 1.49. The van der Waals surface area contributed by atoms with Gasteiger partial charge in [0.1, 0.15) is 5.75 Å². The van der Waals surface area contributed by atoms with E-state index in [9.17, 15) is 5.11 Å². The summed E-state index contributed by atoms with van der Waals surface area (Å²) in [5.41, 5.74) is 1.06. The molecule has 0 amide bonds. The van der Waals surface area contributed by atoms with E-state index in [0.29, 0.717) is 12.4 Å². The molecule has 0 radical (unpaired) electrons. The maximum absolute atomic E-state index is 10.4. The number of pyridine rings is 2. The molecule has 0 saturated carbocycles. The molecule has 0 fully saturated rings. The summed E-state index contributed by atoms with van der Waals surface area (Å²) in [4.78, 5) is 0. The molecular weight excluding hydrogens is 382 g/mol. The summed E-state index contributed by atoms with van der Waals surface area (Å²) in [5, 5.41) is 14.4. The van der Waals surface area contributed by atoms with Crippen molar-refractivity contribution in [1.29, 1.82) is 0 Å². The van der Waals surface area contributed by atoms with Crippen molar-refractivity contribution in [1.82, 2.24) is 0 Å². The van der Waals surface area contributed by atoms with Gasteiger partial charge < -0.3 is 31.6 Å². The van der Waals surface area contributed by atoms with Gasteiger partial charge in [0.15, 0.2) is 23.9 Å². The second kappa shape index (κ2) is 6.76. The van der Waals surface area contributed by atoms with Crippen molar-refractivity contribution in [2.45, 2.75) is 6.92 Å². The lowest BCUT2D eigenvalue weighted by Crippen LogP contribution is -3.00. The van der Waals surface area contributed by atoms with Crippen LogP contribution in [-0.2, 0) is 0 Å². The van der Waals surface area contributed by atoms with Gasteiger partial charge in [-0.2, -0.15) is 4.40 Å². The minimum absolute atomic E-state index is 0. The number of benzene rings is 2. The zero-order valence-corrected chi connectivity index (χ0v) is 15.6. The van der Waals surface area contributed by atoms with Gasteiger partial charge in [0, 0.05) is 12.1 Å². The van der Waals surface area contributed by atoms with Gasteiger partial charge in [-0.1, -0.05) is 6.07 Å². The van der Waals surface area contributed by atoms with E-state index >= 15 is 0 Å². The first-order valence-electron chi connectivity index (χ1n) is 7.91. The number of rotatable bonds is 3. The van der Waals surface area contributed by atoms with Gasteiger partial charge >= 0.3 is 0 Å². The van der Waals surface area contributed by atoms with Gasteiger partial charge in [-0.25, -0.2) is 0 Å². The molecule has 0 saturated heterocycles. The number of phenols is 1. The highest BCUT2D eigenvalue weighted by molar-refractivity contribution is 5.99. The van der Waals surface area contributed by atoms with Gasteiger partial charge in [0.25, 0.3) is 0 Å². The highest BCUT2D eigenvalue weighted by Gasteiger charge is 2.15. The van der Waals surface area contributed by atoms with Gasteiger partial charge in [-0.05, 0) is 42.0 Å². The fraction of sp³-hybridized carbons (Fsp3) is 0.150. The number of halogens is 1. The first kappa shape index (κ1) is 17.3. The van der Waals surface area contributed by atoms with Crippen LogP contribution < -0.4 is 30.9 Å². The zero-order valence-electron chi connectivity index (χ0n) is 14.0. The van der Waals surface area contributed by atoms with Crippen molar-refractivity contribution in [3.05, 3.63) is 54.9 Å². The van der Waals surface area contributed by atoms with E-state index < -0.39 is 0 Å². The number of aromatic nitrogens is 1. The SMILES string of the molecule is CCOc1ccc2cc[n+]3cc4c(O)c(OC)ccc4cc3c2c1.[Br-]. The lowest BCUT2D eigenvalue weighted by molar-refractivity contribution is -0.509. The summed E-state index contributed by atoms with van der Waals surface area (Å²) in [6.45, 7) is 2.62. The standard InChI is InChI=1S/C20H17NO3.BrH/c1-3-24-15-6-4-13-8-9-21-12-17-14(10-18(21)16(13)11-15)5-7-19(23-2)20(17)22;/h4-12H,3H2,1-2H3;1H. The lowest BCUT2D eigenvalue weighted by atomic mass is 10.1. The predicted octanol–water partition coefficient (Wildman–Crippen LogP) is 0.849. The Hall–Kier alpha value is -2.53. The fourth-order valence-electron chi connectivity index (χ4n) is 3.12. The van der Waals surface area contributed by atoms with Gasteiger partial charge in [0.2, 0.25) is 5.52 Å². The van der Waals surface area contributed by atoms with Crippen LogP contribution in [-0.4, -0.2) is 18.8 Å². The largest absolute Gasteiger partial charge is 1.00 e. The van der Waals surface area contributed by atoms with Crippen molar-refractivity contribution >= 4 is 27.1 Å². The molecule has 2 heterocycles. The summed E-state index contributed by atoms with van der Waals surface area (Å²) in [6, 6.07) is 14.0. The molecule has 4 rings (SSSR count). The topological polar surface area (TPSA) is 42.8 Å². The van der Waals surface area contributed by atoms with Crippen LogP contribution in [0.3, 0.4) is 0 Å². The van der Waals surface area contributed by atoms with E-state index in [-0.39, 0.29) is 22.7 Å². The Kier molecular flexibility index (Phi) is 4.68. The number of fused-ring (bicyclic) bond motifs is 4. The van der Waals surface area contributed by atoms with Crippen LogP contribution in [0.1, 0.15) is 6.92 Å². The molecule has 128 valence electrons. The van der Waals surface area contributed by atoms with E-state index in [0.717, 1.165) is 32.8 Å². The Morgan fingerprint density at radius 1 is 1.00 bits per heavy atom. The molecule has 1 N–H and O–H groups in total. The first-order chi connectivity index (χ1) is 11.7. The molecule has 4 nitrogen and oxygen atoms in total. The number of hydrogen-bond donors (Lipinski definition) is 1. The quantitative estimate of drug-likeness (QED) is 0.315. The molecule has 25 heavy (non-hydrogen) atoms. The monoisotopic (exact) mass is 399 g/mol. The number of phenolic OH excluding ortho intramolecular Hbond substituents is 1. The summed E-state index contributed by atoms with van der Waals surface area (Å²) < 4.78 is 12.8. The number of ether oxygens (including phenoxy) is 2. The maximum atomic E-state index is 10.4. The molecule has 2 aromatic heterocycles. The Morgan fingerprint density at radius 3 is 2.56 bits per heavy atom. The smallest absolute Gasteiger partial charge is 0.219 e. The molecule has 2 aromatic carbocycles. The van der Waals surface area contributed by atoms with E-state index in [1.807, 2.05) is 35.9 Å². The number of hydrogen-bond acceptors (Lipinski definition) is 3. The molecule has 4 aromatic rings.